The fourth-order valence-electron chi connectivity index (χ4n) is 1.55. The van der Waals surface area contributed by atoms with Gasteiger partial charge in [0.1, 0.15) is 12.4 Å². The van der Waals surface area contributed by atoms with Crippen LogP contribution in [0.5, 0.6) is 5.75 Å². The van der Waals surface area contributed by atoms with Gasteiger partial charge in [-0.1, -0.05) is 22.0 Å². The Bertz CT molecular complexity index is 336. The lowest BCUT2D eigenvalue weighted by atomic mass is 10.3. The van der Waals surface area contributed by atoms with Gasteiger partial charge in [-0.15, -0.1) is 0 Å². The van der Waals surface area contributed by atoms with Gasteiger partial charge in [0.2, 0.25) is 0 Å². The second-order valence-electron chi connectivity index (χ2n) is 3.86. The molecule has 0 atom stereocenters. The first-order valence-electron chi connectivity index (χ1n) is 5.96. The van der Waals surface area contributed by atoms with E-state index in [1.807, 2.05) is 24.3 Å². The SMILES string of the molecule is COCCN(CCO)CCOc1cccc(Br)c1. The molecule has 0 aliphatic rings. The van der Waals surface area contributed by atoms with Crippen LogP contribution in [-0.2, 0) is 4.74 Å². The largest absolute Gasteiger partial charge is 0.492 e. The lowest BCUT2D eigenvalue weighted by Crippen LogP contribution is -2.33. The number of hydrogen-bond acceptors (Lipinski definition) is 4. The highest BCUT2D eigenvalue weighted by Crippen LogP contribution is 2.17. The van der Waals surface area contributed by atoms with Crippen molar-refractivity contribution in [1.82, 2.24) is 4.90 Å². The standard InChI is InChI=1S/C13H20BrNO3/c1-17-9-6-15(5-8-16)7-10-18-13-4-2-3-12(14)11-13/h2-4,11,16H,5-10H2,1H3. The molecule has 102 valence electrons. The van der Waals surface area contributed by atoms with E-state index in [9.17, 15) is 0 Å². The summed E-state index contributed by atoms with van der Waals surface area (Å²) in [4.78, 5) is 2.11. The molecular formula is C13H20BrNO3. The molecule has 4 nitrogen and oxygen atoms in total. The minimum Gasteiger partial charge on any atom is -0.492 e. The fourth-order valence-corrected chi connectivity index (χ4v) is 1.92. The van der Waals surface area contributed by atoms with Gasteiger partial charge in [0, 0.05) is 31.2 Å². The van der Waals surface area contributed by atoms with Gasteiger partial charge in [-0.25, -0.2) is 0 Å². The van der Waals surface area contributed by atoms with Crippen molar-refractivity contribution in [2.24, 2.45) is 0 Å². The van der Waals surface area contributed by atoms with Crippen LogP contribution in [0.1, 0.15) is 0 Å². The molecule has 1 rings (SSSR count). The summed E-state index contributed by atoms with van der Waals surface area (Å²) in [5, 5.41) is 8.96. The second kappa shape index (κ2) is 9.33. The molecule has 0 unspecified atom stereocenters. The zero-order valence-electron chi connectivity index (χ0n) is 10.6. The summed E-state index contributed by atoms with van der Waals surface area (Å²) in [5.74, 6) is 0.847. The van der Waals surface area contributed by atoms with E-state index >= 15 is 0 Å². The van der Waals surface area contributed by atoms with E-state index in [4.69, 9.17) is 14.6 Å². The Morgan fingerprint density at radius 1 is 1.22 bits per heavy atom. The van der Waals surface area contributed by atoms with Crippen molar-refractivity contribution < 1.29 is 14.6 Å². The van der Waals surface area contributed by atoms with Crippen LogP contribution in [0, 0.1) is 0 Å². The molecule has 0 saturated carbocycles. The minimum absolute atomic E-state index is 0.153. The van der Waals surface area contributed by atoms with Crippen molar-refractivity contribution in [2.45, 2.75) is 0 Å². The molecule has 0 amide bonds. The number of aliphatic hydroxyl groups excluding tert-OH is 1. The number of ether oxygens (including phenoxy) is 2. The normalized spacial score (nSPS) is 10.9. The summed E-state index contributed by atoms with van der Waals surface area (Å²) in [7, 11) is 1.68. The van der Waals surface area contributed by atoms with E-state index in [1.165, 1.54) is 0 Å². The van der Waals surface area contributed by atoms with Gasteiger partial charge >= 0.3 is 0 Å². The first-order valence-corrected chi connectivity index (χ1v) is 6.76. The van der Waals surface area contributed by atoms with Gasteiger partial charge in [-0.2, -0.15) is 0 Å². The molecule has 0 fully saturated rings. The molecule has 0 aliphatic carbocycles. The van der Waals surface area contributed by atoms with Crippen molar-refractivity contribution >= 4 is 15.9 Å². The Labute approximate surface area is 117 Å². The van der Waals surface area contributed by atoms with Gasteiger partial charge in [0.15, 0.2) is 0 Å². The minimum atomic E-state index is 0.153. The third-order valence-electron chi connectivity index (χ3n) is 2.50. The summed E-state index contributed by atoms with van der Waals surface area (Å²) >= 11 is 3.40. The third kappa shape index (κ3) is 6.35. The molecule has 1 aromatic rings. The average molecular weight is 318 g/mol. The molecule has 0 radical (unpaired) electrons. The monoisotopic (exact) mass is 317 g/mol. The fraction of sp³-hybridized carbons (Fsp3) is 0.538. The Hall–Kier alpha value is -0.620. The quantitative estimate of drug-likeness (QED) is 0.753. The number of rotatable bonds is 9. The number of benzene rings is 1. The summed E-state index contributed by atoms with van der Waals surface area (Å²) in [6, 6.07) is 7.77. The Morgan fingerprint density at radius 2 is 2.00 bits per heavy atom. The van der Waals surface area contributed by atoms with E-state index in [2.05, 4.69) is 20.8 Å². The van der Waals surface area contributed by atoms with E-state index in [1.54, 1.807) is 7.11 Å². The van der Waals surface area contributed by atoms with Crippen molar-refractivity contribution in [2.75, 3.05) is 46.6 Å². The van der Waals surface area contributed by atoms with Crippen molar-refractivity contribution in [3.05, 3.63) is 28.7 Å². The van der Waals surface area contributed by atoms with Crippen molar-refractivity contribution in [3.8, 4) is 5.75 Å². The highest BCUT2D eigenvalue weighted by molar-refractivity contribution is 9.10. The maximum Gasteiger partial charge on any atom is 0.120 e. The summed E-state index contributed by atoms with van der Waals surface area (Å²) in [6.45, 7) is 3.64. The van der Waals surface area contributed by atoms with Crippen LogP contribution in [0.2, 0.25) is 0 Å². The molecule has 0 spiro atoms. The van der Waals surface area contributed by atoms with Gasteiger partial charge in [-0.3, -0.25) is 4.90 Å². The van der Waals surface area contributed by atoms with Gasteiger partial charge in [0.25, 0.3) is 0 Å². The smallest absolute Gasteiger partial charge is 0.120 e. The summed E-state index contributed by atoms with van der Waals surface area (Å²) < 4.78 is 11.7. The van der Waals surface area contributed by atoms with Crippen LogP contribution in [0.3, 0.4) is 0 Å². The lowest BCUT2D eigenvalue weighted by molar-refractivity contribution is 0.118. The topological polar surface area (TPSA) is 41.9 Å². The Balaban J connectivity index is 2.29. The number of aliphatic hydroxyl groups is 1. The summed E-state index contributed by atoms with van der Waals surface area (Å²) in [5.41, 5.74) is 0. The molecule has 0 aliphatic heterocycles. The molecule has 1 aromatic carbocycles. The van der Waals surface area contributed by atoms with Gasteiger partial charge < -0.3 is 14.6 Å². The molecule has 0 bridgehead atoms. The summed E-state index contributed by atoms with van der Waals surface area (Å²) in [6.07, 6.45) is 0. The average Bonchev–Trinajstić information content (AvgIpc) is 2.36. The number of halogens is 1. The van der Waals surface area contributed by atoms with E-state index in [-0.39, 0.29) is 6.61 Å². The third-order valence-corrected chi connectivity index (χ3v) is 2.99. The molecular weight excluding hydrogens is 298 g/mol. The van der Waals surface area contributed by atoms with Crippen LogP contribution < -0.4 is 4.74 Å². The van der Waals surface area contributed by atoms with E-state index < -0.39 is 0 Å². The molecule has 0 saturated heterocycles. The van der Waals surface area contributed by atoms with Crippen LogP contribution >= 0.6 is 15.9 Å². The van der Waals surface area contributed by atoms with Crippen LogP contribution in [0.4, 0.5) is 0 Å². The molecule has 0 heterocycles. The maximum atomic E-state index is 8.96. The second-order valence-corrected chi connectivity index (χ2v) is 4.78. The van der Waals surface area contributed by atoms with E-state index in [0.717, 1.165) is 23.3 Å². The Morgan fingerprint density at radius 3 is 2.67 bits per heavy atom. The molecule has 18 heavy (non-hydrogen) atoms. The molecule has 1 N–H and O–H groups in total. The van der Waals surface area contributed by atoms with Crippen molar-refractivity contribution in [1.29, 1.82) is 0 Å². The van der Waals surface area contributed by atoms with Gasteiger partial charge in [-0.05, 0) is 18.2 Å². The van der Waals surface area contributed by atoms with Crippen LogP contribution in [-0.4, -0.2) is 56.6 Å². The van der Waals surface area contributed by atoms with E-state index in [0.29, 0.717) is 19.8 Å². The first-order chi connectivity index (χ1) is 8.76. The molecule has 0 aromatic heterocycles. The maximum absolute atomic E-state index is 8.96. The predicted molar refractivity (Wildman–Crippen MR) is 75.0 cm³/mol. The van der Waals surface area contributed by atoms with Crippen LogP contribution in [0.15, 0.2) is 28.7 Å². The van der Waals surface area contributed by atoms with Crippen LogP contribution in [0.25, 0.3) is 0 Å². The first kappa shape index (κ1) is 15.4. The number of hydrogen-bond donors (Lipinski definition) is 1. The predicted octanol–water partition coefficient (Wildman–Crippen LogP) is 1.77. The number of methoxy groups -OCH3 is 1. The zero-order valence-corrected chi connectivity index (χ0v) is 12.2. The van der Waals surface area contributed by atoms with Crippen molar-refractivity contribution in [3.63, 3.8) is 0 Å². The van der Waals surface area contributed by atoms with Gasteiger partial charge in [0.05, 0.1) is 13.2 Å². The number of nitrogens with zero attached hydrogens (tertiary/aromatic N) is 1. The highest BCUT2D eigenvalue weighted by atomic mass is 79.9. The highest BCUT2D eigenvalue weighted by Gasteiger charge is 2.04. The zero-order chi connectivity index (χ0) is 13.2. The molecule has 5 heteroatoms. The lowest BCUT2D eigenvalue weighted by Gasteiger charge is -2.20. The Kier molecular flexibility index (Phi) is 8.00.